The number of halogens is 1. The van der Waals surface area contributed by atoms with Crippen LogP contribution >= 0.6 is 15.9 Å². The zero-order valence-electron chi connectivity index (χ0n) is 13.6. The predicted octanol–water partition coefficient (Wildman–Crippen LogP) is 4.14. The number of imide groups is 1. The van der Waals surface area contributed by atoms with Gasteiger partial charge in [0.15, 0.2) is 0 Å². The Bertz CT molecular complexity index is 1150. The second-order valence-electron chi connectivity index (χ2n) is 5.81. The van der Waals surface area contributed by atoms with Gasteiger partial charge in [0.05, 0.1) is 27.8 Å². The molecule has 1 aliphatic heterocycles. The van der Waals surface area contributed by atoms with Crippen LogP contribution < -0.4 is 0 Å². The van der Waals surface area contributed by atoms with E-state index >= 15 is 0 Å². The molecule has 7 nitrogen and oxygen atoms in total. The molecule has 0 fully saturated rings. The number of rotatable bonds is 3. The number of amides is 2. The molecule has 1 aliphatic rings. The molecule has 0 atom stereocenters. The van der Waals surface area contributed by atoms with Gasteiger partial charge in [0.1, 0.15) is 0 Å². The van der Waals surface area contributed by atoms with Crippen molar-refractivity contribution in [1.82, 2.24) is 5.01 Å². The Labute approximate surface area is 161 Å². The van der Waals surface area contributed by atoms with Gasteiger partial charge in [0.2, 0.25) is 0 Å². The molecule has 0 saturated carbocycles. The van der Waals surface area contributed by atoms with Gasteiger partial charge in [-0.3, -0.25) is 19.7 Å². The van der Waals surface area contributed by atoms with Crippen molar-refractivity contribution in [3.63, 3.8) is 0 Å². The summed E-state index contributed by atoms with van der Waals surface area (Å²) >= 11 is 3.43. The van der Waals surface area contributed by atoms with E-state index in [1.807, 2.05) is 6.07 Å². The van der Waals surface area contributed by atoms with E-state index in [0.717, 1.165) is 21.1 Å². The van der Waals surface area contributed by atoms with Gasteiger partial charge < -0.3 is 0 Å². The average Bonchev–Trinajstić information content (AvgIpc) is 2.67. The van der Waals surface area contributed by atoms with Crippen LogP contribution in [-0.4, -0.2) is 28.0 Å². The lowest BCUT2D eigenvalue weighted by Crippen LogP contribution is -2.36. The molecular formula is C19H10BrN3O4. The summed E-state index contributed by atoms with van der Waals surface area (Å²) in [7, 11) is 0. The zero-order valence-corrected chi connectivity index (χ0v) is 15.2. The topological polar surface area (TPSA) is 92.9 Å². The number of hydrogen-bond donors (Lipinski definition) is 0. The molecule has 8 heteroatoms. The fourth-order valence-electron chi connectivity index (χ4n) is 3.04. The molecule has 132 valence electrons. The third-order valence-corrected chi connectivity index (χ3v) is 4.97. The number of hydrazone groups is 1. The Hall–Kier alpha value is -3.39. The summed E-state index contributed by atoms with van der Waals surface area (Å²) in [6, 6.07) is 14.5. The van der Waals surface area contributed by atoms with Crippen molar-refractivity contribution >= 4 is 50.4 Å². The number of carbonyl (C=O) groups excluding carboxylic acids is 2. The molecule has 1 heterocycles. The van der Waals surface area contributed by atoms with Crippen molar-refractivity contribution in [2.75, 3.05) is 0 Å². The monoisotopic (exact) mass is 423 g/mol. The molecule has 4 rings (SSSR count). The van der Waals surface area contributed by atoms with E-state index in [0.29, 0.717) is 16.5 Å². The maximum atomic E-state index is 12.8. The Balaban J connectivity index is 1.81. The van der Waals surface area contributed by atoms with Crippen molar-refractivity contribution in [2.45, 2.75) is 0 Å². The molecule has 3 aromatic rings. The molecule has 0 saturated heterocycles. The van der Waals surface area contributed by atoms with E-state index in [4.69, 9.17) is 0 Å². The van der Waals surface area contributed by atoms with Gasteiger partial charge in [-0.15, -0.1) is 0 Å². The molecule has 0 unspecified atom stereocenters. The van der Waals surface area contributed by atoms with Gasteiger partial charge in [-0.2, -0.15) is 10.1 Å². The highest BCUT2D eigenvalue weighted by Gasteiger charge is 2.33. The van der Waals surface area contributed by atoms with Gasteiger partial charge in [-0.05, 0) is 29.7 Å². The molecule has 2 amide bonds. The van der Waals surface area contributed by atoms with Gasteiger partial charge in [0.25, 0.3) is 17.5 Å². The van der Waals surface area contributed by atoms with Crippen LogP contribution in [0.15, 0.2) is 64.2 Å². The van der Waals surface area contributed by atoms with E-state index in [1.54, 1.807) is 30.3 Å². The van der Waals surface area contributed by atoms with Gasteiger partial charge in [-0.1, -0.05) is 40.2 Å². The fraction of sp³-hybridized carbons (Fsp3) is 0. The van der Waals surface area contributed by atoms with Crippen LogP contribution in [0.2, 0.25) is 0 Å². The van der Waals surface area contributed by atoms with E-state index in [9.17, 15) is 19.7 Å². The van der Waals surface area contributed by atoms with E-state index in [-0.39, 0.29) is 11.3 Å². The summed E-state index contributed by atoms with van der Waals surface area (Å²) in [5.41, 5.74) is 0.735. The second-order valence-corrected chi connectivity index (χ2v) is 6.66. The number of carbonyl (C=O) groups is 2. The fourth-order valence-corrected chi connectivity index (χ4v) is 3.50. The van der Waals surface area contributed by atoms with Gasteiger partial charge in [-0.25, -0.2) is 0 Å². The summed E-state index contributed by atoms with van der Waals surface area (Å²) in [6.45, 7) is 0. The van der Waals surface area contributed by atoms with Crippen LogP contribution in [0.3, 0.4) is 0 Å². The summed E-state index contributed by atoms with van der Waals surface area (Å²) in [4.78, 5) is 36.2. The van der Waals surface area contributed by atoms with E-state index < -0.39 is 16.7 Å². The van der Waals surface area contributed by atoms with Crippen LogP contribution in [0.5, 0.6) is 0 Å². The van der Waals surface area contributed by atoms with Crippen molar-refractivity contribution in [2.24, 2.45) is 5.10 Å². The largest absolute Gasteiger partial charge is 0.282 e. The molecule has 0 radical (unpaired) electrons. The number of benzene rings is 3. The molecule has 27 heavy (non-hydrogen) atoms. The maximum absolute atomic E-state index is 12.8. The number of para-hydroxylation sites is 1. The molecule has 0 aromatic heterocycles. The SMILES string of the molecule is O=C1c2cccc3c(Br)ccc(c23)C(=O)N1/N=C/c1ccccc1[N+](=O)[O-]. The van der Waals surface area contributed by atoms with Crippen molar-refractivity contribution < 1.29 is 14.5 Å². The molecular weight excluding hydrogens is 414 g/mol. The Morgan fingerprint density at radius 3 is 2.41 bits per heavy atom. The maximum Gasteiger partial charge on any atom is 0.282 e. The quantitative estimate of drug-likeness (QED) is 0.273. The first-order valence-electron chi connectivity index (χ1n) is 7.86. The third-order valence-electron chi connectivity index (χ3n) is 4.28. The first-order chi connectivity index (χ1) is 13.0. The van der Waals surface area contributed by atoms with Crippen molar-refractivity contribution in [3.8, 4) is 0 Å². The molecule has 0 aliphatic carbocycles. The van der Waals surface area contributed by atoms with Crippen LogP contribution in [0, 0.1) is 10.1 Å². The first kappa shape index (κ1) is 17.0. The number of hydrogen-bond acceptors (Lipinski definition) is 5. The number of nitrogens with zero attached hydrogens (tertiary/aromatic N) is 3. The minimum Gasteiger partial charge on any atom is -0.267 e. The van der Waals surface area contributed by atoms with Crippen LogP contribution in [0.1, 0.15) is 26.3 Å². The molecule has 0 bridgehead atoms. The van der Waals surface area contributed by atoms with Crippen molar-refractivity contribution in [1.29, 1.82) is 0 Å². The van der Waals surface area contributed by atoms with Crippen molar-refractivity contribution in [3.05, 3.63) is 85.9 Å². The standard InChI is InChI=1S/C19H10BrN3O4/c20-15-9-8-14-17-12(15)5-3-6-13(17)18(24)22(19(14)25)21-10-11-4-1-2-7-16(11)23(26)27/h1-10H/b21-10+. The van der Waals surface area contributed by atoms with Crippen LogP contribution in [0.4, 0.5) is 5.69 Å². The lowest BCUT2D eigenvalue weighted by atomic mass is 9.95. The normalized spacial score (nSPS) is 13.6. The minimum atomic E-state index is -0.578. The smallest absolute Gasteiger partial charge is 0.267 e. The summed E-state index contributed by atoms with van der Waals surface area (Å²) in [5.74, 6) is -1.16. The highest BCUT2D eigenvalue weighted by Crippen LogP contribution is 2.34. The van der Waals surface area contributed by atoms with Gasteiger partial charge in [0, 0.05) is 15.9 Å². The lowest BCUT2D eigenvalue weighted by molar-refractivity contribution is -0.385. The Kier molecular flexibility index (Phi) is 4.04. The summed E-state index contributed by atoms with van der Waals surface area (Å²) in [6.07, 6.45) is 1.15. The Morgan fingerprint density at radius 1 is 0.963 bits per heavy atom. The van der Waals surface area contributed by atoms with E-state index in [2.05, 4.69) is 21.0 Å². The van der Waals surface area contributed by atoms with Gasteiger partial charge >= 0.3 is 0 Å². The highest BCUT2D eigenvalue weighted by atomic mass is 79.9. The first-order valence-corrected chi connectivity index (χ1v) is 8.66. The summed E-state index contributed by atoms with van der Waals surface area (Å²) < 4.78 is 0.778. The lowest BCUT2D eigenvalue weighted by Gasteiger charge is -2.23. The third kappa shape index (κ3) is 2.70. The molecule has 0 N–H and O–H groups in total. The number of nitro groups is 1. The predicted molar refractivity (Wildman–Crippen MR) is 103 cm³/mol. The molecule has 3 aromatic carbocycles. The van der Waals surface area contributed by atoms with E-state index in [1.165, 1.54) is 18.2 Å². The Morgan fingerprint density at radius 2 is 1.67 bits per heavy atom. The molecule has 0 spiro atoms. The average molecular weight is 424 g/mol. The number of nitro benzene ring substituents is 1. The van der Waals surface area contributed by atoms with Crippen LogP contribution in [-0.2, 0) is 0 Å². The minimum absolute atomic E-state index is 0.162. The second kappa shape index (κ2) is 6.40. The highest BCUT2D eigenvalue weighted by molar-refractivity contribution is 9.10. The summed E-state index contributed by atoms with van der Waals surface area (Å²) in [5, 5.41) is 17.1. The zero-order chi connectivity index (χ0) is 19.1. The van der Waals surface area contributed by atoms with Crippen LogP contribution in [0.25, 0.3) is 10.8 Å².